The predicted octanol–water partition coefficient (Wildman–Crippen LogP) is 15.8. The average Bonchev–Trinajstić information content (AvgIpc) is 3.85. The van der Waals surface area contributed by atoms with Crippen molar-refractivity contribution in [2.45, 2.75) is 129 Å². The fourth-order valence-electron chi connectivity index (χ4n) is 13.9. The molecule has 2 aromatic heterocycles. The molecule has 0 saturated heterocycles. The van der Waals surface area contributed by atoms with Crippen LogP contribution in [0.5, 0.6) is 0 Å². The van der Waals surface area contributed by atoms with E-state index in [0.29, 0.717) is 0 Å². The van der Waals surface area contributed by atoms with E-state index < -0.39 is 0 Å². The molecule has 0 N–H and O–H groups in total. The summed E-state index contributed by atoms with van der Waals surface area (Å²) in [6, 6.07) is 42.3. The first-order valence-electron chi connectivity index (χ1n) is 24.9. The summed E-state index contributed by atoms with van der Waals surface area (Å²) in [4.78, 5) is 5.39. The number of nitrogens with zero attached hydrogens (tertiary/aromatic N) is 2. The highest BCUT2D eigenvalue weighted by Crippen LogP contribution is 2.59. The van der Waals surface area contributed by atoms with Gasteiger partial charge in [-0.25, -0.2) is 0 Å². The van der Waals surface area contributed by atoms with Gasteiger partial charge in [0, 0.05) is 49.9 Å². The zero-order valence-corrected chi connectivity index (χ0v) is 41.0. The van der Waals surface area contributed by atoms with Gasteiger partial charge in [0.15, 0.2) is 0 Å². The van der Waals surface area contributed by atoms with E-state index >= 15 is 0 Å². The van der Waals surface area contributed by atoms with Gasteiger partial charge in [-0.1, -0.05) is 130 Å². The molecule has 7 aromatic carbocycles. The van der Waals surface area contributed by atoms with E-state index in [9.17, 15) is 0 Å². The van der Waals surface area contributed by atoms with Crippen LogP contribution in [-0.4, -0.2) is 6.85 Å². The van der Waals surface area contributed by atoms with Crippen molar-refractivity contribution in [2.75, 3.05) is 9.71 Å². The monoisotopic (exact) mass is 874 g/mol. The summed E-state index contributed by atoms with van der Waals surface area (Å²) in [6.07, 6.45) is 4.64. The molecular formula is C62H59BN2O2. The number of para-hydroxylation sites is 3. The number of hydrogen-bond donors (Lipinski definition) is 0. The highest BCUT2D eigenvalue weighted by Gasteiger charge is 2.52. The van der Waals surface area contributed by atoms with Crippen LogP contribution < -0.4 is 20.6 Å². The fourth-order valence-corrected chi connectivity index (χ4v) is 13.9. The summed E-state index contributed by atoms with van der Waals surface area (Å²) in [6.45, 7) is 26.5. The third-order valence-corrected chi connectivity index (χ3v) is 18.1. The molecule has 5 heteroatoms. The SMILES string of the molecule is Cc1cc2c(cc1N1c3cc4c(cc3B3c5c(cc6oc7ccccc7c6c51)-c1cccc5c1N3c1ccccc1C5(C)C)oc1cc3c(cc14)C(C)(C)CCC3(C)C)C(C)(C)CCC2(C)C. The molecule has 14 rings (SSSR count). The molecule has 332 valence electrons. The van der Waals surface area contributed by atoms with Gasteiger partial charge in [0.05, 0.1) is 11.1 Å². The summed E-state index contributed by atoms with van der Waals surface area (Å²) >= 11 is 0. The summed E-state index contributed by atoms with van der Waals surface area (Å²) in [7, 11) is 0. The Bertz CT molecular complexity index is 3720. The van der Waals surface area contributed by atoms with E-state index in [1.54, 1.807) is 0 Å². The lowest BCUT2D eigenvalue weighted by atomic mass is 9.42. The second-order valence-corrected chi connectivity index (χ2v) is 24.2. The standard InChI is InChI=1S/C62H59BN2O2/c1-34-27-42-44(60(6,7)25-23-58(42,2)3)31-48(34)64-49-29-38-37-28-43-45(61(8,9)26-24-59(43,4)5)32-51(37)67-52(38)33-46(49)63-55-39(30-53-54(57(55)64)36-17-12-15-22-50(36)66-53)35-18-16-20-41-56(35)65(63)47-21-14-13-19-40(47)62(41,10)11/h12-22,27-33H,23-26H2,1-11H3. The van der Waals surface area contributed by atoms with Crippen molar-refractivity contribution in [2.24, 2.45) is 0 Å². The molecule has 0 fully saturated rings. The molecule has 5 heterocycles. The van der Waals surface area contributed by atoms with Crippen LogP contribution in [0.4, 0.5) is 28.4 Å². The molecule has 0 amide bonds. The second-order valence-electron chi connectivity index (χ2n) is 24.2. The predicted molar refractivity (Wildman–Crippen MR) is 282 cm³/mol. The van der Waals surface area contributed by atoms with Gasteiger partial charge < -0.3 is 18.5 Å². The van der Waals surface area contributed by atoms with Gasteiger partial charge in [-0.3, -0.25) is 0 Å². The Morgan fingerprint density at radius 2 is 1.04 bits per heavy atom. The van der Waals surface area contributed by atoms with Gasteiger partial charge in [0.1, 0.15) is 22.3 Å². The van der Waals surface area contributed by atoms with E-state index in [1.165, 1.54) is 112 Å². The Labute approximate surface area is 395 Å². The van der Waals surface area contributed by atoms with Crippen molar-refractivity contribution in [3.05, 3.63) is 148 Å². The minimum Gasteiger partial charge on any atom is -0.456 e. The number of fused-ring (bicyclic) bond motifs is 15. The van der Waals surface area contributed by atoms with Gasteiger partial charge >= 0.3 is 6.85 Å². The Balaban J connectivity index is 1.18. The van der Waals surface area contributed by atoms with Crippen molar-refractivity contribution in [3.63, 3.8) is 0 Å². The lowest BCUT2D eigenvalue weighted by molar-refractivity contribution is 0.332. The largest absolute Gasteiger partial charge is 0.456 e. The number of furan rings is 2. The van der Waals surface area contributed by atoms with Crippen LogP contribution in [0.3, 0.4) is 0 Å². The number of rotatable bonds is 1. The number of benzene rings is 7. The first-order valence-corrected chi connectivity index (χ1v) is 24.9. The first kappa shape index (κ1) is 39.9. The molecular weight excluding hydrogens is 816 g/mol. The average molecular weight is 875 g/mol. The van der Waals surface area contributed by atoms with E-state index in [1.807, 2.05) is 0 Å². The van der Waals surface area contributed by atoms with Crippen LogP contribution in [0.25, 0.3) is 55.0 Å². The maximum Gasteiger partial charge on any atom is 0.333 e. The van der Waals surface area contributed by atoms with Gasteiger partial charge in [-0.15, -0.1) is 0 Å². The maximum absolute atomic E-state index is 7.21. The van der Waals surface area contributed by atoms with E-state index in [4.69, 9.17) is 8.83 Å². The topological polar surface area (TPSA) is 32.8 Å². The normalized spacial score (nSPS) is 19.5. The molecule has 0 unspecified atom stereocenters. The highest BCUT2D eigenvalue weighted by atomic mass is 16.3. The minimum absolute atomic E-state index is 0.0201. The maximum atomic E-state index is 7.21. The summed E-state index contributed by atoms with van der Waals surface area (Å²) in [5, 5.41) is 4.68. The number of aryl methyl sites for hydroxylation is 1. The van der Waals surface area contributed by atoms with Gasteiger partial charge in [-0.05, 0) is 158 Å². The van der Waals surface area contributed by atoms with Gasteiger partial charge in [-0.2, -0.15) is 0 Å². The molecule has 0 atom stereocenters. The zero-order valence-electron chi connectivity index (χ0n) is 41.0. The Morgan fingerprint density at radius 3 is 1.79 bits per heavy atom. The van der Waals surface area contributed by atoms with Crippen molar-refractivity contribution in [1.82, 2.24) is 0 Å². The van der Waals surface area contributed by atoms with Gasteiger partial charge in [0.25, 0.3) is 0 Å². The Morgan fingerprint density at radius 1 is 0.448 bits per heavy atom. The molecule has 0 spiro atoms. The molecule has 0 saturated carbocycles. The zero-order chi connectivity index (χ0) is 46.1. The van der Waals surface area contributed by atoms with Crippen LogP contribution in [0.1, 0.15) is 134 Å². The first-order chi connectivity index (χ1) is 31.9. The van der Waals surface area contributed by atoms with Crippen LogP contribution in [-0.2, 0) is 27.1 Å². The highest BCUT2D eigenvalue weighted by molar-refractivity contribution is 6.94. The summed E-state index contributed by atoms with van der Waals surface area (Å²) < 4.78 is 14.2. The van der Waals surface area contributed by atoms with Crippen molar-refractivity contribution in [3.8, 4) is 11.1 Å². The third kappa shape index (κ3) is 5.01. The Hall–Kier alpha value is -6.20. The van der Waals surface area contributed by atoms with Gasteiger partial charge in [0.2, 0.25) is 0 Å². The third-order valence-electron chi connectivity index (χ3n) is 18.1. The second kappa shape index (κ2) is 12.5. The summed E-state index contributed by atoms with van der Waals surface area (Å²) in [5.74, 6) is 0. The van der Waals surface area contributed by atoms with Crippen molar-refractivity contribution < 1.29 is 8.83 Å². The molecule has 9 aromatic rings. The molecule has 5 aliphatic rings. The molecule has 3 aliphatic heterocycles. The lowest BCUT2D eigenvalue weighted by Gasteiger charge is -2.51. The van der Waals surface area contributed by atoms with E-state index in [2.05, 4.69) is 195 Å². The quantitative estimate of drug-likeness (QED) is 0.154. The number of hydrogen-bond acceptors (Lipinski definition) is 4. The van der Waals surface area contributed by atoms with E-state index in [-0.39, 0.29) is 33.9 Å². The molecule has 67 heavy (non-hydrogen) atoms. The lowest BCUT2D eigenvalue weighted by Crippen LogP contribution is -2.63. The van der Waals surface area contributed by atoms with Crippen LogP contribution in [0, 0.1) is 6.92 Å². The van der Waals surface area contributed by atoms with Crippen molar-refractivity contribution in [1.29, 1.82) is 0 Å². The molecule has 0 radical (unpaired) electrons. The van der Waals surface area contributed by atoms with Crippen LogP contribution >= 0.6 is 0 Å². The Kier molecular flexibility index (Phi) is 7.43. The van der Waals surface area contributed by atoms with Crippen LogP contribution in [0.2, 0.25) is 0 Å². The van der Waals surface area contributed by atoms with Crippen LogP contribution in [0.15, 0.2) is 118 Å². The summed E-state index contributed by atoms with van der Waals surface area (Å²) in [5.41, 5.74) is 24.9. The smallest absolute Gasteiger partial charge is 0.333 e. The van der Waals surface area contributed by atoms with E-state index in [0.717, 1.165) is 47.0 Å². The number of anilines is 5. The molecule has 2 aliphatic carbocycles. The minimum atomic E-state index is -0.212. The fraction of sp³-hybridized carbons (Fsp3) is 0.323. The molecule has 0 bridgehead atoms. The van der Waals surface area contributed by atoms with Crippen molar-refractivity contribution >= 4 is 90.1 Å². The molecule has 4 nitrogen and oxygen atoms in total.